The van der Waals surface area contributed by atoms with Crippen LogP contribution < -0.4 is 30.1 Å². The number of methoxy groups -OCH3 is 4. The molecule has 0 bridgehead atoms. The van der Waals surface area contributed by atoms with E-state index in [0.29, 0.717) is 61.7 Å². The first-order valence-electron chi connectivity index (χ1n) is 12.9. The molecule has 1 aliphatic carbocycles. The second-order valence-corrected chi connectivity index (χ2v) is 9.62. The zero-order chi connectivity index (χ0) is 29.0. The van der Waals surface area contributed by atoms with Gasteiger partial charge in [0.1, 0.15) is 5.82 Å². The van der Waals surface area contributed by atoms with Crippen LogP contribution in [0.25, 0.3) is 32.9 Å². The quantitative estimate of drug-likeness (QED) is 0.292. The SMILES string of the molecule is COc1cc2nc(C)n(CCn3c4c(c5ccc(OC)c(OC)c5c3=O)C(=O)c3ccccc3-4)c(=O)c2cc1OC. The molecule has 0 fully saturated rings. The van der Waals surface area contributed by atoms with Crippen LogP contribution in [-0.2, 0) is 13.1 Å². The number of carbonyl (C=O) groups is 1. The molecule has 10 nitrogen and oxygen atoms in total. The Hall–Kier alpha value is -5.12. The normalized spacial score (nSPS) is 12.0. The third-order valence-corrected chi connectivity index (χ3v) is 7.63. The molecule has 6 rings (SSSR count). The lowest BCUT2D eigenvalue weighted by Gasteiger charge is -2.19. The Labute approximate surface area is 234 Å². The van der Waals surface area contributed by atoms with Gasteiger partial charge in [0.05, 0.1) is 56.0 Å². The number of aryl methyl sites for hydroxylation is 1. The minimum Gasteiger partial charge on any atom is -0.493 e. The van der Waals surface area contributed by atoms with Gasteiger partial charge in [0.15, 0.2) is 28.8 Å². The molecule has 0 spiro atoms. The van der Waals surface area contributed by atoms with Crippen LogP contribution in [0.3, 0.4) is 0 Å². The van der Waals surface area contributed by atoms with Crippen LogP contribution in [0.4, 0.5) is 0 Å². The van der Waals surface area contributed by atoms with Crippen molar-refractivity contribution in [1.29, 1.82) is 0 Å². The maximum atomic E-state index is 14.2. The van der Waals surface area contributed by atoms with Crippen molar-refractivity contribution >= 4 is 27.5 Å². The monoisotopic (exact) mass is 553 g/mol. The summed E-state index contributed by atoms with van der Waals surface area (Å²) in [6.07, 6.45) is 0. The van der Waals surface area contributed by atoms with Crippen molar-refractivity contribution in [2.75, 3.05) is 28.4 Å². The van der Waals surface area contributed by atoms with Gasteiger partial charge in [-0.15, -0.1) is 0 Å². The summed E-state index contributed by atoms with van der Waals surface area (Å²) in [4.78, 5) is 46.2. The molecule has 0 amide bonds. The predicted octanol–water partition coefficient (Wildman–Crippen LogP) is 3.97. The smallest absolute Gasteiger partial charge is 0.262 e. The van der Waals surface area contributed by atoms with Gasteiger partial charge < -0.3 is 23.5 Å². The number of pyridine rings is 1. The molecule has 5 aromatic rings. The average Bonchev–Trinajstić information content (AvgIpc) is 3.29. The van der Waals surface area contributed by atoms with E-state index in [9.17, 15) is 14.4 Å². The fourth-order valence-electron chi connectivity index (χ4n) is 5.71. The summed E-state index contributed by atoms with van der Waals surface area (Å²) in [5.74, 6) is 1.79. The Balaban J connectivity index is 1.57. The molecule has 0 N–H and O–H groups in total. The van der Waals surface area contributed by atoms with Crippen molar-refractivity contribution in [3.05, 3.63) is 86.2 Å². The standard InChI is InChI=1S/C31H27N3O7/c1-16-32-21-15-24(40-4)23(39-3)14-20(21)30(36)33(16)12-13-34-27-17-8-6-7-9-18(17)28(35)25(27)19-10-11-22(38-2)29(41-5)26(19)31(34)37/h6-11,14-15H,12-13H2,1-5H3. The summed E-state index contributed by atoms with van der Waals surface area (Å²) in [6, 6.07) is 13.9. The maximum Gasteiger partial charge on any atom is 0.262 e. The molecule has 0 atom stereocenters. The minimum atomic E-state index is -0.357. The van der Waals surface area contributed by atoms with Gasteiger partial charge in [-0.2, -0.15) is 0 Å². The Bertz CT molecular complexity index is 2020. The highest BCUT2D eigenvalue weighted by molar-refractivity contribution is 6.27. The summed E-state index contributed by atoms with van der Waals surface area (Å²) in [5, 5.41) is 1.09. The Morgan fingerprint density at radius 3 is 2.05 bits per heavy atom. The predicted molar refractivity (Wildman–Crippen MR) is 154 cm³/mol. The second kappa shape index (κ2) is 9.81. The highest BCUT2D eigenvalue weighted by Crippen LogP contribution is 2.43. The lowest BCUT2D eigenvalue weighted by atomic mass is 10.0. The van der Waals surface area contributed by atoms with E-state index in [1.165, 1.54) is 33.0 Å². The number of hydrogen-bond donors (Lipinski definition) is 0. The van der Waals surface area contributed by atoms with Crippen molar-refractivity contribution in [1.82, 2.24) is 14.1 Å². The first kappa shape index (κ1) is 26.1. The van der Waals surface area contributed by atoms with Crippen LogP contribution in [0.15, 0.2) is 58.1 Å². The summed E-state index contributed by atoms with van der Waals surface area (Å²) in [7, 11) is 5.96. The molecular formula is C31H27N3O7. The zero-order valence-electron chi connectivity index (χ0n) is 23.2. The third kappa shape index (κ3) is 3.78. The summed E-state index contributed by atoms with van der Waals surface area (Å²) in [5.41, 5.74) is 1.94. The van der Waals surface area contributed by atoms with E-state index in [1.54, 1.807) is 47.9 Å². The average molecular weight is 554 g/mol. The fraction of sp³-hybridized carbons (Fsp3) is 0.226. The molecule has 0 saturated carbocycles. The Morgan fingerprint density at radius 2 is 1.37 bits per heavy atom. The number of fused-ring (bicyclic) bond motifs is 6. The molecule has 208 valence electrons. The zero-order valence-corrected chi connectivity index (χ0v) is 23.2. The van der Waals surface area contributed by atoms with Crippen LogP contribution in [-0.4, -0.2) is 48.3 Å². The van der Waals surface area contributed by atoms with Crippen LogP contribution >= 0.6 is 0 Å². The number of rotatable bonds is 7. The highest BCUT2D eigenvalue weighted by Gasteiger charge is 2.34. The molecule has 0 radical (unpaired) electrons. The van der Waals surface area contributed by atoms with Crippen LogP contribution in [0.2, 0.25) is 0 Å². The summed E-state index contributed by atoms with van der Waals surface area (Å²) in [6.45, 7) is 1.96. The van der Waals surface area contributed by atoms with Crippen molar-refractivity contribution in [2.24, 2.45) is 0 Å². The van der Waals surface area contributed by atoms with Crippen LogP contribution in [0, 0.1) is 6.92 Å². The fourth-order valence-corrected chi connectivity index (χ4v) is 5.71. The van der Waals surface area contributed by atoms with Gasteiger partial charge in [-0.25, -0.2) is 4.98 Å². The molecule has 0 saturated heterocycles. The van der Waals surface area contributed by atoms with Gasteiger partial charge in [0.25, 0.3) is 11.1 Å². The first-order valence-corrected chi connectivity index (χ1v) is 12.9. The number of ketones is 1. The van der Waals surface area contributed by atoms with Gasteiger partial charge in [0, 0.05) is 35.7 Å². The van der Waals surface area contributed by atoms with E-state index in [2.05, 4.69) is 4.98 Å². The Morgan fingerprint density at radius 1 is 0.707 bits per heavy atom. The van der Waals surface area contributed by atoms with Gasteiger partial charge in [0.2, 0.25) is 0 Å². The lowest BCUT2D eigenvalue weighted by molar-refractivity contribution is 0.104. The maximum absolute atomic E-state index is 14.2. The molecule has 2 aromatic heterocycles. The van der Waals surface area contributed by atoms with Gasteiger partial charge in [-0.05, 0) is 25.1 Å². The van der Waals surface area contributed by atoms with E-state index in [-0.39, 0.29) is 41.1 Å². The molecule has 41 heavy (non-hydrogen) atoms. The highest BCUT2D eigenvalue weighted by atomic mass is 16.5. The molecule has 2 heterocycles. The summed E-state index contributed by atoms with van der Waals surface area (Å²) < 4.78 is 24.9. The Kier molecular flexibility index (Phi) is 6.25. The second-order valence-electron chi connectivity index (χ2n) is 9.62. The van der Waals surface area contributed by atoms with E-state index in [1.807, 2.05) is 12.1 Å². The number of ether oxygens (including phenoxy) is 4. The van der Waals surface area contributed by atoms with Crippen LogP contribution in [0.1, 0.15) is 21.7 Å². The van der Waals surface area contributed by atoms with E-state index < -0.39 is 0 Å². The lowest BCUT2D eigenvalue weighted by Crippen LogP contribution is -2.30. The van der Waals surface area contributed by atoms with Crippen molar-refractivity contribution in [2.45, 2.75) is 20.0 Å². The van der Waals surface area contributed by atoms with E-state index in [4.69, 9.17) is 18.9 Å². The number of hydrogen-bond acceptors (Lipinski definition) is 8. The molecule has 1 aliphatic rings. The number of carbonyl (C=O) groups excluding carboxylic acids is 1. The summed E-state index contributed by atoms with van der Waals surface area (Å²) >= 11 is 0. The van der Waals surface area contributed by atoms with Crippen molar-refractivity contribution in [3.8, 4) is 34.3 Å². The van der Waals surface area contributed by atoms with E-state index >= 15 is 0 Å². The van der Waals surface area contributed by atoms with Gasteiger partial charge in [-0.3, -0.25) is 19.0 Å². The number of aromatic nitrogens is 3. The van der Waals surface area contributed by atoms with Crippen molar-refractivity contribution in [3.63, 3.8) is 0 Å². The largest absolute Gasteiger partial charge is 0.493 e. The van der Waals surface area contributed by atoms with Gasteiger partial charge in [-0.1, -0.05) is 24.3 Å². The molecule has 3 aromatic carbocycles. The molecule has 10 heteroatoms. The first-order chi connectivity index (χ1) is 19.8. The topological polar surface area (TPSA) is 111 Å². The van der Waals surface area contributed by atoms with Gasteiger partial charge >= 0.3 is 0 Å². The number of nitrogens with zero attached hydrogens (tertiary/aromatic N) is 3. The third-order valence-electron chi connectivity index (χ3n) is 7.63. The van der Waals surface area contributed by atoms with E-state index in [0.717, 1.165) is 0 Å². The molecule has 0 unspecified atom stereocenters. The van der Waals surface area contributed by atoms with Crippen LogP contribution in [0.5, 0.6) is 23.0 Å². The minimum absolute atomic E-state index is 0.0975. The molecule has 0 aliphatic heterocycles. The molecular weight excluding hydrogens is 526 g/mol. The number of benzene rings is 3. The van der Waals surface area contributed by atoms with Crippen molar-refractivity contribution < 1.29 is 23.7 Å².